The number of rotatable bonds is 6. The van der Waals surface area contributed by atoms with Gasteiger partial charge in [0.25, 0.3) is 0 Å². The Morgan fingerprint density at radius 2 is 1.81 bits per heavy atom. The molecule has 1 saturated heterocycles. The summed E-state index contributed by atoms with van der Waals surface area (Å²) in [5.41, 5.74) is 0.909. The van der Waals surface area contributed by atoms with Gasteiger partial charge in [-0.25, -0.2) is 12.8 Å². The van der Waals surface area contributed by atoms with E-state index in [0.717, 1.165) is 5.56 Å². The first-order valence-corrected chi connectivity index (χ1v) is 10.0. The molecule has 1 amide bonds. The third-order valence-electron chi connectivity index (χ3n) is 4.48. The number of halogens is 1. The standard InChI is InChI=1S/C19H21FN2O3S/c20-16-10-8-15(9-11-16)12-13-21-19(23)18-7-4-14-22(18)26(24,25)17-5-2-1-3-6-17/h1-3,5-6,8-11,18H,4,7,12-14H2,(H,21,23). The van der Waals surface area contributed by atoms with Gasteiger partial charge in [-0.3, -0.25) is 4.79 Å². The minimum atomic E-state index is -3.68. The topological polar surface area (TPSA) is 66.5 Å². The van der Waals surface area contributed by atoms with Crippen LogP contribution in [0.1, 0.15) is 18.4 Å². The summed E-state index contributed by atoms with van der Waals surface area (Å²) in [6.07, 6.45) is 1.72. The average molecular weight is 376 g/mol. The molecule has 0 bridgehead atoms. The van der Waals surface area contributed by atoms with Crippen LogP contribution in [0.2, 0.25) is 0 Å². The van der Waals surface area contributed by atoms with Crippen molar-refractivity contribution in [2.24, 2.45) is 0 Å². The van der Waals surface area contributed by atoms with Gasteiger partial charge in [0, 0.05) is 13.1 Å². The predicted octanol–water partition coefficient (Wildman–Crippen LogP) is 2.34. The minimum Gasteiger partial charge on any atom is -0.354 e. The Labute approximate surface area is 152 Å². The Bertz CT molecular complexity index is 854. The zero-order chi connectivity index (χ0) is 18.6. The van der Waals surface area contributed by atoms with Crippen molar-refractivity contribution in [2.45, 2.75) is 30.2 Å². The number of carbonyl (C=O) groups excluding carboxylic acids is 1. The molecule has 0 saturated carbocycles. The third-order valence-corrected chi connectivity index (χ3v) is 6.40. The van der Waals surface area contributed by atoms with Crippen molar-refractivity contribution in [1.82, 2.24) is 9.62 Å². The van der Waals surface area contributed by atoms with Gasteiger partial charge < -0.3 is 5.32 Å². The number of nitrogens with zero attached hydrogens (tertiary/aromatic N) is 1. The molecule has 2 aromatic carbocycles. The molecule has 1 atom stereocenters. The van der Waals surface area contributed by atoms with Crippen molar-refractivity contribution in [2.75, 3.05) is 13.1 Å². The molecule has 1 aliphatic rings. The molecule has 1 aliphatic heterocycles. The van der Waals surface area contributed by atoms with Gasteiger partial charge in [0.2, 0.25) is 15.9 Å². The molecule has 0 spiro atoms. The minimum absolute atomic E-state index is 0.200. The SMILES string of the molecule is O=C(NCCc1ccc(F)cc1)C1CCCN1S(=O)(=O)c1ccccc1. The largest absolute Gasteiger partial charge is 0.354 e. The number of amides is 1. The van der Waals surface area contributed by atoms with Gasteiger partial charge in [0.05, 0.1) is 4.90 Å². The molecule has 7 heteroatoms. The van der Waals surface area contributed by atoms with Crippen LogP contribution < -0.4 is 5.32 Å². The number of sulfonamides is 1. The summed E-state index contributed by atoms with van der Waals surface area (Å²) in [6, 6.07) is 13.6. The van der Waals surface area contributed by atoms with Crippen molar-refractivity contribution in [3.8, 4) is 0 Å². The van der Waals surface area contributed by atoms with E-state index in [-0.39, 0.29) is 16.6 Å². The fraction of sp³-hybridized carbons (Fsp3) is 0.316. The Balaban J connectivity index is 1.62. The van der Waals surface area contributed by atoms with Crippen molar-refractivity contribution >= 4 is 15.9 Å². The number of carbonyl (C=O) groups is 1. The molecule has 0 aliphatic carbocycles. The molecule has 0 radical (unpaired) electrons. The van der Waals surface area contributed by atoms with Crippen LogP contribution >= 0.6 is 0 Å². The summed E-state index contributed by atoms with van der Waals surface area (Å²) in [7, 11) is -3.68. The highest BCUT2D eigenvalue weighted by atomic mass is 32.2. The van der Waals surface area contributed by atoms with Crippen LogP contribution in [0.15, 0.2) is 59.5 Å². The molecule has 5 nitrogen and oxygen atoms in total. The van der Waals surface area contributed by atoms with E-state index in [2.05, 4.69) is 5.32 Å². The molecule has 1 N–H and O–H groups in total. The van der Waals surface area contributed by atoms with Crippen LogP contribution in [-0.4, -0.2) is 37.8 Å². The van der Waals surface area contributed by atoms with Gasteiger partial charge >= 0.3 is 0 Å². The molecule has 26 heavy (non-hydrogen) atoms. The fourth-order valence-electron chi connectivity index (χ4n) is 3.12. The van der Waals surface area contributed by atoms with Crippen molar-refractivity contribution in [3.05, 3.63) is 66.0 Å². The summed E-state index contributed by atoms with van der Waals surface area (Å²) in [4.78, 5) is 12.7. The maximum atomic E-state index is 12.9. The summed E-state index contributed by atoms with van der Waals surface area (Å²) in [5, 5.41) is 2.80. The van der Waals surface area contributed by atoms with Crippen LogP contribution in [0.25, 0.3) is 0 Å². The lowest BCUT2D eigenvalue weighted by Gasteiger charge is -2.23. The molecule has 1 fully saturated rings. The van der Waals surface area contributed by atoms with Crippen molar-refractivity contribution in [1.29, 1.82) is 0 Å². The first kappa shape index (κ1) is 18.5. The lowest BCUT2D eigenvalue weighted by molar-refractivity contribution is -0.124. The summed E-state index contributed by atoms with van der Waals surface area (Å²) in [5.74, 6) is -0.588. The molecular formula is C19H21FN2O3S. The van der Waals surface area contributed by atoms with E-state index in [1.165, 1.54) is 28.6 Å². The number of nitrogens with one attached hydrogen (secondary N) is 1. The number of benzene rings is 2. The zero-order valence-corrected chi connectivity index (χ0v) is 15.1. The van der Waals surface area contributed by atoms with Crippen LogP contribution in [0.5, 0.6) is 0 Å². The molecule has 3 rings (SSSR count). The van der Waals surface area contributed by atoms with E-state index in [1.807, 2.05) is 0 Å². The molecule has 1 unspecified atom stereocenters. The van der Waals surface area contributed by atoms with Gasteiger partial charge in [-0.1, -0.05) is 30.3 Å². The number of hydrogen-bond acceptors (Lipinski definition) is 3. The maximum Gasteiger partial charge on any atom is 0.243 e. The third kappa shape index (κ3) is 4.11. The first-order chi connectivity index (χ1) is 12.5. The highest BCUT2D eigenvalue weighted by Gasteiger charge is 2.39. The molecular weight excluding hydrogens is 355 g/mol. The molecule has 0 aromatic heterocycles. The lowest BCUT2D eigenvalue weighted by atomic mass is 10.1. The van der Waals surface area contributed by atoms with Crippen molar-refractivity contribution in [3.63, 3.8) is 0 Å². The highest BCUT2D eigenvalue weighted by Crippen LogP contribution is 2.26. The lowest BCUT2D eigenvalue weighted by Crippen LogP contribution is -2.46. The van der Waals surface area contributed by atoms with E-state index in [9.17, 15) is 17.6 Å². The summed E-state index contributed by atoms with van der Waals surface area (Å²) < 4.78 is 39.8. The average Bonchev–Trinajstić information content (AvgIpc) is 3.15. The van der Waals surface area contributed by atoms with Gasteiger partial charge in [-0.15, -0.1) is 0 Å². The van der Waals surface area contributed by atoms with E-state index in [1.54, 1.807) is 30.3 Å². The summed E-state index contributed by atoms with van der Waals surface area (Å²) in [6.45, 7) is 0.716. The number of hydrogen-bond donors (Lipinski definition) is 1. The predicted molar refractivity (Wildman–Crippen MR) is 96.5 cm³/mol. The second-order valence-electron chi connectivity index (χ2n) is 6.25. The zero-order valence-electron chi connectivity index (χ0n) is 14.3. The Morgan fingerprint density at radius 3 is 2.50 bits per heavy atom. The molecule has 2 aromatic rings. The smallest absolute Gasteiger partial charge is 0.243 e. The van der Waals surface area contributed by atoms with E-state index in [0.29, 0.717) is 32.4 Å². The van der Waals surface area contributed by atoms with Gasteiger partial charge in [-0.05, 0) is 49.1 Å². The normalized spacial score (nSPS) is 18.0. The Hall–Kier alpha value is -2.25. The van der Waals surface area contributed by atoms with Crippen LogP contribution in [0.3, 0.4) is 0 Å². The summed E-state index contributed by atoms with van der Waals surface area (Å²) >= 11 is 0. The van der Waals surface area contributed by atoms with E-state index < -0.39 is 16.1 Å². The first-order valence-electron chi connectivity index (χ1n) is 8.57. The maximum absolute atomic E-state index is 12.9. The van der Waals surface area contributed by atoms with Crippen LogP contribution in [0.4, 0.5) is 4.39 Å². The second-order valence-corrected chi connectivity index (χ2v) is 8.14. The monoisotopic (exact) mass is 376 g/mol. The van der Waals surface area contributed by atoms with E-state index in [4.69, 9.17) is 0 Å². The van der Waals surface area contributed by atoms with Crippen molar-refractivity contribution < 1.29 is 17.6 Å². The Kier molecular flexibility index (Phi) is 5.68. The quantitative estimate of drug-likeness (QED) is 0.842. The highest BCUT2D eigenvalue weighted by molar-refractivity contribution is 7.89. The second kappa shape index (κ2) is 7.97. The molecule has 138 valence electrons. The van der Waals surface area contributed by atoms with Gasteiger partial charge in [-0.2, -0.15) is 4.31 Å². The van der Waals surface area contributed by atoms with Gasteiger partial charge in [0.15, 0.2) is 0 Å². The van der Waals surface area contributed by atoms with Crippen LogP contribution in [0, 0.1) is 5.82 Å². The van der Waals surface area contributed by atoms with Crippen LogP contribution in [-0.2, 0) is 21.2 Å². The fourth-order valence-corrected chi connectivity index (χ4v) is 4.79. The van der Waals surface area contributed by atoms with E-state index >= 15 is 0 Å². The Morgan fingerprint density at radius 1 is 1.12 bits per heavy atom. The molecule has 1 heterocycles. The van der Waals surface area contributed by atoms with Gasteiger partial charge in [0.1, 0.15) is 11.9 Å².